The van der Waals surface area contributed by atoms with Crippen LogP contribution in [0.2, 0.25) is 0 Å². The van der Waals surface area contributed by atoms with Gasteiger partial charge in [0.1, 0.15) is 6.10 Å². The summed E-state index contributed by atoms with van der Waals surface area (Å²) in [6.07, 6.45) is -0.975. The molecule has 0 radical (unpaired) electrons. The van der Waals surface area contributed by atoms with Crippen LogP contribution >= 0.6 is 0 Å². The first-order valence-electron chi connectivity index (χ1n) is 6.37. The van der Waals surface area contributed by atoms with E-state index in [1.807, 2.05) is 30.3 Å². The maximum absolute atomic E-state index is 11.1. The molecular weight excluding hydrogens is 208 g/mol. The van der Waals surface area contributed by atoms with Crippen molar-refractivity contribution < 1.29 is 23.5 Å². The van der Waals surface area contributed by atoms with Crippen molar-refractivity contribution in [1.29, 1.82) is 0 Å². The number of benzene rings is 1. The van der Waals surface area contributed by atoms with E-state index in [0.717, 1.165) is 5.56 Å². The lowest BCUT2D eigenvalue weighted by molar-refractivity contribution is -0.152. The zero-order chi connectivity index (χ0) is 14.3. The van der Waals surface area contributed by atoms with Crippen LogP contribution in [-0.4, -0.2) is 30.4 Å². The first kappa shape index (κ1) is 8.73. The van der Waals surface area contributed by atoms with E-state index in [2.05, 4.69) is 4.74 Å². The summed E-state index contributed by atoms with van der Waals surface area (Å²) >= 11 is 0. The molecule has 0 saturated heterocycles. The molecule has 0 spiro atoms. The van der Waals surface area contributed by atoms with Gasteiger partial charge in [0.2, 0.25) is 0 Å². The average Bonchev–Trinajstić information content (AvgIpc) is 2.37. The van der Waals surface area contributed by atoms with Crippen LogP contribution in [0.4, 0.5) is 0 Å². The van der Waals surface area contributed by atoms with E-state index >= 15 is 0 Å². The molecule has 1 atom stereocenters. The number of aliphatic hydroxyl groups is 1. The fourth-order valence-corrected chi connectivity index (χ4v) is 1.16. The van der Waals surface area contributed by atoms with E-state index in [0.29, 0.717) is 6.61 Å². The van der Waals surface area contributed by atoms with Gasteiger partial charge < -0.3 is 14.6 Å². The van der Waals surface area contributed by atoms with Crippen molar-refractivity contribution in [2.45, 2.75) is 19.6 Å². The van der Waals surface area contributed by atoms with Gasteiger partial charge in [0.05, 0.1) is 19.8 Å². The van der Waals surface area contributed by atoms with Crippen LogP contribution in [0.5, 0.6) is 0 Å². The maximum atomic E-state index is 11.1. The van der Waals surface area contributed by atoms with Crippen molar-refractivity contribution in [2.75, 3.05) is 13.2 Å². The van der Waals surface area contributed by atoms with E-state index in [1.54, 1.807) is 0 Å². The van der Waals surface area contributed by atoms with Crippen LogP contribution in [-0.2, 0) is 20.9 Å². The minimum Gasteiger partial charge on any atom is -0.458 e. The molecule has 88 valence electrons. The Morgan fingerprint density at radius 3 is 2.88 bits per heavy atom. The van der Waals surface area contributed by atoms with Gasteiger partial charge in [-0.2, -0.15) is 0 Å². The van der Waals surface area contributed by atoms with Gasteiger partial charge in [-0.1, -0.05) is 30.3 Å². The highest BCUT2D eigenvalue weighted by atomic mass is 16.6. The van der Waals surface area contributed by atoms with Gasteiger partial charge in [0, 0.05) is 11.0 Å². The lowest BCUT2D eigenvalue weighted by Gasteiger charge is -2.14. The second-order valence-electron chi connectivity index (χ2n) is 3.21. The summed E-state index contributed by atoms with van der Waals surface area (Å²) in [5.74, 6) is -1.34. The molecule has 0 aromatic heterocycles. The zero-order valence-electron chi connectivity index (χ0n) is 11.8. The second-order valence-corrected chi connectivity index (χ2v) is 3.21. The van der Waals surface area contributed by atoms with Crippen LogP contribution in [0.25, 0.3) is 0 Å². The highest BCUT2D eigenvalue weighted by molar-refractivity contribution is 5.66. The molecule has 0 aliphatic carbocycles. The van der Waals surface area contributed by atoms with Crippen molar-refractivity contribution >= 4 is 5.97 Å². The molecule has 0 saturated carbocycles. The first-order valence-corrected chi connectivity index (χ1v) is 4.87. The van der Waals surface area contributed by atoms with E-state index in [-0.39, 0.29) is 6.61 Å². The Morgan fingerprint density at radius 2 is 2.25 bits per heavy atom. The van der Waals surface area contributed by atoms with Crippen LogP contribution < -0.4 is 0 Å². The van der Waals surface area contributed by atoms with E-state index in [4.69, 9.17) is 14.0 Å². The number of carbonyl (C=O) groups is 1. The number of hydrogen-bond acceptors (Lipinski definition) is 4. The largest absolute Gasteiger partial charge is 0.458 e. The monoisotopic (exact) mass is 227 g/mol. The summed E-state index contributed by atoms with van der Waals surface area (Å²) in [4.78, 5) is 11.1. The minimum absolute atomic E-state index is 0.0623. The molecule has 16 heavy (non-hydrogen) atoms. The summed E-state index contributed by atoms with van der Waals surface area (Å²) in [7, 11) is 0. The third-order valence-corrected chi connectivity index (χ3v) is 1.89. The van der Waals surface area contributed by atoms with Gasteiger partial charge in [-0.15, -0.1) is 0 Å². The number of esters is 1. The fourth-order valence-electron chi connectivity index (χ4n) is 1.16. The molecule has 1 unspecified atom stereocenters. The number of carbonyl (C=O) groups excluding carboxylic acids is 1. The smallest absolute Gasteiger partial charge is 0.303 e. The molecule has 0 amide bonds. The molecule has 1 aromatic carbocycles. The molecule has 0 aliphatic heterocycles. The molecule has 0 aliphatic rings. The van der Waals surface area contributed by atoms with Gasteiger partial charge in [-0.25, -0.2) is 0 Å². The molecule has 4 heteroatoms. The van der Waals surface area contributed by atoms with Gasteiger partial charge in [0.25, 0.3) is 0 Å². The minimum atomic E-state index is -2.83. The Bertz CT molecular complexity index is 392. The number of hydrogen-bond donors (Lipinski definition) is 1. The standard InChI is InChI=1S/C12H16O4/c1-10(14)16-12(7-13)9-15-8-11-5-3-2-4-6-11/h2-6,12-13H,7-9H2,1H3/i1D3. The summed E-state index contributed by atoms with van der Waals surface area (Å²) in [5, 5.41) is 9.00. The van der Waals surface area contributed by atoms with Crippen LogP contribution in [0.3, 0.4) is 0 Å². The molecule has 1 aromatic rings. The SMILES string of the molecule is [2H]C([2H])([2H])C(=O)OC(CO)COCc1ccccc1. The van der Waals surface area contributed by atoms with Crippen LogP contribution in [0, 0.1) is 0 Å². The van der Waals surface area contributed by atoms with Crippen LogP contribution in [0.1, 0.15) is 16.5 Å². The Morgan fingerprint density at radius 1 is 1.50 bits per heavy atom. The molecule has 0 bridgehead atoms. The number of ether oxygens (including phenoxy) is 2. The Hall–Kier alpha value is -1.39. The summed E-state index contributed by atoms with van der Waals surface area (Å²) in [6.45, 7) is -3.08. The zero-order valence-corrected chi connectivity index (χ0v) is 8.76. The maximum Gasteiger partial charge on any atom is 0.303 e. The third-order valence-electron chi connectivity index (χ3n) is 1.89. The lowest BCUT2D eigenvalue weighted by atomic mass is 10.2. The van der Waals surface area contributed by atoms with Crippen molar-refractivity contribution in [1.82, 2.24) is 0 Å². The summed E-state index contributed by atoms with van der Waals surface area (Å²) < 4.78 is 30.5. The van der Waals surface area contributed by atoms with Crippen molar-refractivity contribution in [2.24, 2.45) is 0 Å². The number of aliphatic hydroxyl groups excluding tert-OH is 1. The quantitative estimate of drug-likeness (QED) is 0.740. The topological polar surface area (TPSA) is 55.8 Å². The van der Waals surface area contributed by atoms with E-state index in [1.165, 1.54) is 0 Å². The van der Waals surface area contributed by atoms with Crippen molar-refractivity contribution in [3.8, 4) is 0 Å². The predicted molar refractivity (Wildman–Crippen MR) is 58.7 cm³/mol. The van der Waals surface area contributed by atoms with Crippen molar-refractivity contribution in [3.05, 3.63) is 35.9 Å². The highest BCUT2D eigenvalue weighted by Gasteiger charge is 2.10. The highest BCUT2D eigenvalue weighted by Crippen LogP contribution is 2.02. The van der Waals surface area contributed by atoms with Gasteiger partial charge >= 0.3 is 5.97 Å². The van der Waals surface area contributed by atoms with Crippen molar-refractivity contribution in [3.63, 3.8) is 0 Å². The fraction of sp³-hybridized carbons (Fsp3) is 0.417. The molecule has 4 nitrogen and oxygen atoms in total. The summed E-state index contributed by atoms with van der Waals surface area (Å²) in [5.41, 5.74) is 0.932. The molecular formula is C12H16O4. The first-order chi connectivity index (χ1) is 8.93. The normalized spacial score (nSPS) is 15.7. The lowest BCUT2D eigenvalue weighted by Crippen LogP contribution is -2.26. The molecule has 0 fully saturated rings. The third kappa shape index (κ3) is 4.91. The van der Waals surface area contributed by atoms with E-state index < -0.39 is 25.5 Å². The van der Waals surface area contributed by atoms with E-state index in [9.17, 15) is 4.79 Å². The number of rotatable bonds is 6. The summed E-state index contributed by atoms with van der Waals surface area (Å²) in [6, 6.07) is 9.32. The predicted octanol–water partition coefficient (Wildman–Crippen LogP) is 1.13. The Labute approximate surface area is 99.0 Å². The molecule has 1 rings (SSSR count). The molecule has 1 N–H and O–H groups in total. The Balaban J connectivity index is 2.35. The second kappa shape index (κ2) is 6.98. The van der Waals surface area contributed by atoms with Gasteiger partial charge in [-0.3, -0.25) is 4.79 Å². The molecule has 0 heterocycles. The average molecular weight is 227 g/mol. The van der Waals surface area contributed by atoms with Gasteiger partial charge in [-0.05, 0) is 5.56 Å². The van der Waals surface area contributed by atoms with Gasteiger partial charge in [0.15, 0.2) is 0 Å². The van der Waals surface area contributed by atoms with Crippen LogP contribution in [0.15, 0.2) is 30.3 Å². The Kier molecular flexibility index (Phi) is 3.81.